The van der Waals surface area contributed by atoms with Gasteiger partial charge in [-0.05, 0) is 18.2 Å². The monoisotopic (exact) mass is 330 g/mol. The van der Waals surface area contributed by atoms with Gasteiger partial charge in [0.05, 0.1) is 6.61 Å². The lowest BCUT2D eigenvalue weighted by atomic mass is 10.5. The third-order valence-electron chi connectivity index (χ3n) is 1.38. The van der Waals surface area contributed by atoms with Crippen LogP contribution in [0, 0.1) is 0 Å². The van der Waals surface area contributed by atoms with E-state index in [1.165, 1.54) is 7.05 Å². The number of carbonyl (C=O) groups excluding carboxylic acids is 1. The smallest absolute Gasteiger partial charge is 0.289 e. The number of hydrogen-bond donors (Lipinski definition) is 2. The molecule has 1 amide bonds. The number of nitrogens with zero attached hydrogens (tertiary/aromatic N) is 1. The molecule has 0 heterocycles. The maximum absolute atomic E-state index is 11.4. The Kier molecular flexibility index (Phi) is 8.81. The molecule has 16 heavy (non-hydrogen) atoms. The Hall–Kier alpha value is 0.870. The Morgan fingerprint density at radius 2 is 2.00 bits per heavy atom. The minimum atomic E-state index is -3.39. The third-order valence-corrected chi connectivity index (χ3v) is 4.37. The molecule has 0 unspecified atom stereocenters. The zero-order valence-corrected chi connectivity index (χ0v) is 12.8. The van der Waals surface area contributed by atoms with Crippen LogP contribution in [0.4, 0.5) is 0 Å². The van der Waals surface area contributed by atoms with Crippen molar-refractivity contribution in [3.8, 4) is 0 Å². The van der Waals surface area contributed by atoms with E-state index in [0.29, 0.717) is 6.42 Å². The summed E-state index contributed by atoms with van der Waals surface area (Å²) >= 11 is 20.8. The molecular weight excluding hydrogens is 317 g/mol. The van der Waals surface area contributed by atoms with E-state index in [9.17, 15) is 9.69 Å². The van der Waals surface area contributed by atoms with Crippen LogP contribution in [0.1, 0.15) is 13.3 Å². The number of rotatable bonds is 4. The van der Waals surface area contributed by atoms with Gasteiger partial charge in [0.25, 0.3) is 16.3 Å². The van der Waals surface area contributed by atoms with Gasteiger partial charge in [-0.15, -0.1) is 0 Å². The molecule has 0 aliphatic carbocycles. The first-order valence-corrected chi connectivity index (χ1v) is 7.71. The molecular formula is C6H14Cl3N2O3PS. The van der Waals surface area contributed by atoms with E-state index in [2.05, 4.69) is 0 Å². The van der Waals surface area contributed by atoms with Crippen molar-refractivity contribution < 1.29 is 14.2 Å². The highest BCUT2D eigenvalue weighted by atomic mass is 35.6. The molecule has 0 saturated carbocycles. The average molecular weight is 332 g/mol. The molecule has 5 nitrogen and oxygen atoms in total. The van der Waals surface area contributed by atoms with Gasteiger partial charge >= 0.3 is 0 Å². The van der Waals surface area contributed by atoms with Gasteiger partial charge in [-0.25, -0.2) is 0 Å². The lowest BCUT2D eigenvalue weighted by molar-refractivity contribution is -0.125. The predicted molar refractivity (Wildman–Crippen MR) is 70.8 cm³/mol. The minimum Gasteiger partial charge on any atom is -0.344 e. The van der Waals surface area contributed by atoms with Crippen molar-refractivity contribution in [1.82, 2.24) is 10.8 Å². The van der Waals surface area contributed by atoms with Crippen LogP contribution in [0.25, 0.3) is 0 Å². The molecule has 4 N–H and O–H groups in total. The van der Waals surface area contributed by atoms with Gasteiger partial charge in [0, 0.05) is 7.05 Å². The molecule has 0 fully saturated rings. The fourth-order valence-electron chi connectivity index (χ4n) is 0.595. The van der Waals surface area contributed by atoms with Crippen molar-refractivity contribution in [2.24, 2.45) is 0 Å². The average Bonchev–Trinajstić information content (AvgIpc) is 2.10. The van der Waals surface area contributed by atoms with Crippen molar-refractivity contribution in [1.29, 1.82) is 0 Å². The van der Waals surface area contributed by atoms with Crippen LogP contribution in [0.15, 0.2) is 0 Å². The Balaban J connectivity index is 0. The van der Waals surface area contributed by atoms with Crippen molar-refractivity contribution in [2.45, 2.75) is 17.1 Å². The Morgan fingerprint density at radius 1 is 1.56 bits per heavy atom. The fraction of sp³-hybridized carbons (Fsp3) is 0.833. The molecule has 0 bridgehead atoms. The highest BCUT2D eigenvalue weighted by Crippen LogP contribution is 2.48. The molecule has 0 radical (unpaired) electrons. The van der Waals surface area contributed by atoms with Gasteiger partial charge in [0.2, 0.25) is 0 Å². The molecule has 0 aromatic rings. The van der Waals surface area contributed by atoms with Crippen LogP contribution in [0.2, 0.25) is 0 Å². The molecule has 0 aromatic carbocycles. The number of hydrogen-bond acceptors (Lipinski definition) is 4. The lowest BCUT2D eigenvalue weighted by Crippen LogP contribution is -2.34. The van der Waals surface area contributed by atoms with E-state index in [1.54, 1.807) is 0 Å². The summed E-state index contributed by atoms with van der Waals surface area (Å²) in [5.41, 5.74) is 0. The van der Waals surface area contributed by atoms with Crippen molar-refractivity contribution in [3.05, 3.63) is 0 Å². The van der Waals surface area contributed by atoms with E-state index < -0.39 is 16.3 Å². The summed E-state index contributed by atoms with van der Waals surface area (Å²) in [5, 5.41) is 0. The maximum atomic E-state index is 11.4. The third kappa shape index (κ3) is 5.98. The molecule has 10 heteroatoms. The SMILES string of the molecule is CCCO[P@](O)(=S)N(C)C(=O)C(Cl)(Cl)Cl.N. The van der Waals surface area contributed by atoms with Gasteiger partial charge < -0.3 is 15.6 Å². The quantitative estimate of drug-likeness (QED) is 0.611. The Bertz CT molecular complexity index is 287. The summed E-state index contributed by atoms with van der Waals surface area (Å²) in [7, 11) is 1.24. The molecule has 0 saturated heterocycles. The largest absolute Gasteiger partial charge is 0.344 e. The maximum Gasteiger partial charge on any atom is 0.289 e. The van der Waals surface area contributed by atoms with Crippen LogP contribution < -0.4 is 6.15 Å². The molecule has 1 atom stereocenters. The van der Waals surface area contributed by atoms with E-state index in [4.69, 9.17) is 51.1 Å². The van der Waals surface area contributed by atoms with Gasteiger partial charge in [-0.2, -0.15) is 0 Å². The number of amides is 1. The Labute approximate surface area is 115 Å². The van der Waals surface area contributed by atoms with Crippen molar-refractivity contribution in [3.63, 3.8) is 0 Å². The fourth-order valence-corrected chi connectivity index (χ4v) is 2.57. The van der Waals surface area contributed by atoms with E-state index in [1.807, 2.05) is 6.92 Å². The minimum absolute atomic E-state index is 0. The summed E-state index contributed by atoms with van der Waals surface area (Å²) in [6.07, 6.45) is 0.661. The standard InChI is InChI=1S/C6H11Cl3NO3PS.H3N/c1-3-4-13-14(12,15)10(2)5(11)6(7,8)9;/h3-4H2,1-2H3,(H,12,15);1H3/t14-;/m0./s1. The van der Waals surface area contributed by atoms with Gasteiger partial charge in [0.15, 0.2) is 0 Å². The lowest BCUT2D eigenvalue weighted by Gasteiger charge is -2.28. The van der Waals surface area contributed by atoms with Gasteiger partial charge in [-0.1, -0.05) is 41.7 Å². The first-order chi connectivity index (χ1) is 6.63. The Morgan fingerprint density at radius 3 is 2.31 bits per heavy atom. The molecule has 98 valence electrons. The van der Waals surface area contributed by atoms with Crippen molar-refractivity contribution in [2.75, 3.05) is 13.7 Å². The zero-order chi connectivity index (χ0) is 12.3. The first-order valence-electron chi connectivity index (χ1n) is 3.95. The van der Waals surface area contributed by atoms with Gasteiger partial charge in [-0.3, -0.25) is 9.46 Å². The van der Waals surface area contributed by atoms with Crippen LogP contribution in [-0.4, -0.2) is 32.9 Å². The van der Waals surface area contributed by atoms with E-state index >= 15 is 0 Å². The summed E-state index contributed by atoms with van der Waals surface area (Å²) in [5.74, 6) is -0.908. The second kappa shape index (κ2) is 7.34. The normalized spacial score (nSPS) is 14.9. The summed E-state index contributed by atoms with van der Waals surface area (Å²) in [6, 6.07) is 0. The highest BCUT2D eigenvalue weighted by molar-refractivity contribution is 8.08. The van der Waals surface area contributed by atoms with Gasteiger partial charge in [0.1, 0.15) is 0 Å². The molecule has 0 spiro atoms. The highest BCUT2D eigenvalue weighted by Gasteiger charge is 2.39. The summed E-state index contributed by atoms with van der Waals surface area (Å²) < 4.78 is 3.59. The van der Waals surface area contributed by atoms with Crippen LogP contribution in [0.3, 0.4) is 0 Å². The van der Waals surface area contributed by atoms with E-state index in [0.717, 1.165) is 4.67 Å². The summed E-state index contributed by atoms with van der Waals surface area (Å²) in [4.78, 5) is 21.1. The second-order valence-electron chi connectivity index (χ2n) is 2.65. The molecule has 0 aromatic heterocycles. The van der Waals surface area contributed by atoms with Crippen LogP contribution in [0.5, 0.6) is 0 Å². The topological polar surface area (TPSA) is 84.8 Å². The zero-order valence-electron chi connectivity index (χ0n) is 8.82. The number of halogens is 3. The number of alkyl halides is 3. The molecule has 0 rings (SSSR count). The van der Waals surface area contributed by atoms with Crippen LogP contribution >= 0.6 is 41.4 Å². The number of carbonyl (C=O) groups is 1. The van der Waals surface area contributed by atoms with Crippen molar-refractivity contribution >= 4 is 59.2 Å². The predicted octanol–water partition coefficient (Wildman–Crippen LogP) is 2.62. The summed E-state index contributed by atoms with van der Waals surface area (Å²) in [6.45, 7) is -1.31. The molecule has 0 aliphatic heterocycles. The molecule has 0 aliphatic rings. The first kappa shape index (κ1) is 19.2. The van der Waals surface area contributed by atoms with E-state index in [-0.39, 0.29) is 12.8 Å². The van der Waals surface area contributed by atoms with Crippen LogP contribution in [-0.2, 0) is 21.1 Å². The second-order valence-corrected chi connectivity index (χ2v) is 8.20.